The van der Waals surface area contributed by atoms with Gasteiger partial charge in [-0.05, 0) is 24.3 Å². The molecular weight excluding hydrogens is 388 g/mol. The molecule has 0 radical (unpaired) electrons. The maximum absolute atomic E-state index is 12.6. The van der Waals surface area contributed by atoms with E-state index in [2.05, 4.69) is 4.99 Å². The van der Waals surface area contributed by atoms with Crippen molar-refractivity contribution in [3.8, 4) is 5.75 Å². The minimum atomic E-state index is -0.439. The second-order valence-electron chi connectivity index (χ2n) is 5.59. The summed E-state index contributed by atoms with van der Waals surface area (Å²) in [5.74, 6) is -0.102. The fourth-order valence-corrected chi connectivity index (χ4v) is 3.82. The van der Waals surface area contributed by atoms with Crippen LogP contribution >= 0.6 is 22.9 Å². The van der Waals surface area contributed by atoms with Gasteiger partial charge in [-0.3, -0.25) is 9.59 Å². The lowest BCUT2D eigenvalue weighted by Gasteiger charge is -2.06. The summed E-state index contributed by atoms with van der Waals surface area (Å²) in [6.07, 6.45) is 0.160. The Bertz CT molecular complexity index is 1070. The first-order chi connectivity index (χ1) is 13.0. The molecule has 0 saturated carbocycles. The minimum Gasteiger partial charge on any atom is -0.497 e. The third-order valence-electron chi connectivity index (χ3n) is 3.96. The zero-order valence-corrected chi connectivity index (χ0v) is 16.3. The van der Waals surface area contributed by atoms with E-state index < -0.39 is 5.91 Å². The number of nitrogens with zero attached hydrogens (tertiary/aromatic N) is 2. The van der Waals surface area contributed by atoms with E-state index in [4.69, 9.17) is 21.1 Å². The lowest BCUT2D eigenvalue weighted by Crippen LogP contribution is -2.19. The molecule has 0 saturated heterocycles. The number of methoxy groups -OCH3 is 2. The van der Waals surface area contributed by atoms with Crippen molar-refractivity contribution in [2.24, 2.45) is 4.99 Å². The highest BCUT2D eigenvalue weighted by molar-refractivity contribution is 7.16. The number of carbonyl (C=O) groups is 2. The fraction of sp³-hybridized carbons (Fsp3) is 0.211. The van der Waals surface area contributed by atoms with Crippen LogP contribution < -0.4 is 9.54 Å². The average molecular weight is 405 g/mol. The summed E-state index contributed by atoms with van der Waals surface area (Å²) in [5.41, 5.74) is 1.16. The molecule has 0 aliphatic heterocycles. The summed E-state index contributed by atoms with van der Waals surface area (Å²) in [6, 6.07) is 12.3. The number of amides is 1. The number of benzene rings is 2. The summed E-state index contributed by atoms with van der Waals surface area (Å²) in [7, 11) is 2.92. The van der Waals surface area contributed by atoms with Gasteiger partial charge in [-0.25, -0.2) is 0 Å². The summed E-state index contributed by atoms with van der Waals surface area (Å²) in [5, 5.41) is 0.343. The predicted octanol–water partition coefficient (Wildman–Crippen LogP) is 3.67. The van der Waals surface area contributed by atoms with Gasteiger partial charge < -0.3 is 14.0 Å². The van der Waals surface area contributed by atoms with Crippen LogP contribution in [0.4, 0.5) is 0 Å². The van der Waals surface area contributed by atoms with Gasteiger partial charge in [-0.15, -0.1) is 0 Å². The molecule has 8 heteroatoms. The van der Waals surface area contributed by atoms with Gasteiger partial charge in [0.05, 0.1) is 41.4 Å². The van der Waals surface area contributed by atoms with Crippen molar-refractivity contribution in [3.63, 3.8) is 0 Å². The van der Waals surface area contributed by atoms with Gasteiger partial charge >= 0.3 is 5.97 Å². The first kappa shape index (κ1) is 19.1. The first-order valence-corrected chi connectivity index (χ1v) is 9.30. The quantitative estimate of drug-likeness (QED) is 0.608. The van der Waals surface area contributed by atoms with Crippen LogP contribution in [0.3, 0.4) is 0 Å². The van der Waals surface area contributed by atoms with Crippen molar-refractivity contribution >= 4 is 45.0 Å². The summed E-state index contributed by atoms with van der Waals surface area (Å²) < 4.78 is 12.7. The van der Waals surface area contributed by atoms with Gasteiger partial charge in [0, 0.05) is 12.6 Å². The number of rotatable bonds is 5. The molecular formula is C19H17ClN2O4S. The van der Waals surface area contributed by atoms with Crippen molar-refractivity contribution in [1.29, 1.82) is 0 Å². The Morgan fingerprint density at radius 3 is 2.67 bits per heavy atom. The van der Waals surface area contributed by atoms with Gasteiger partial charge in [-0.2, -0.15) is 4.99 Å². The fourth-order valence-electron chi connectivity index (χ4n) is 2.56. The molecule has 1 heterocycles. The zero-order valence-electron chi connectivity index (χ0n) is 14.8. The SMILES string of the molecule is COC(=O)CCn1c(=NC(=O)c2ccccc2Cl)sc2ccc(OC)cc21. The molecule has 0 fully saturated rings. The van der Waals surface area contributed by atoms with Gasteiger partial charge in [0.15, 0.2) is 4.80 Å². The predicted molar refractivity (Wildman–Crippen MR) is 104 cm³/mol. The molecule has 27 heavy (non-hydrogen) atoms. The number of carbonyl (C=O) groups excluding carboxylic acids is 2. The molecule has 1 amide bonds. The summed E-state index contributed by atoms with van der Waals surface area (Å²) >= 11 is 7.46. The minimum absolute atomic E-state index is 0.160. The van der Waals surface area contributed by atoms with Crippen LogP contribution in [0.2, 0.25) is 5.02 Å². The molecule has 3 aromatic rings. The average Bonchev–Trinajstić information content (AvgIpc) is 3.02. The lowest BCUT2D eigenvalue weighted by atomic mass is 10.2. The monoisotopic (exact) mass is 404 g/mol. The molecule has 0 aliphatic rings. The Morgan fingerprint density at radius 2 is 1.96 bits per heavy atom. The van der Waals surface area contributed by atoms with Crippen LogP contribution in [0, 0.1) is 0 Å². The molecule has 0 unspecified atom stereocenters. The first-order valence-electron chi connectivity index (χ1n) is 8.11. The van der Waals surface area contributed by atoms with Gasteiger partial charge in [0.25, 0.3) is 5.91 Å². The van der Waals surface area contributed by atoms with Crippen molar-refractivity contribution < 1.29 is 19.1 Å². The number of aromatic nitrogens is 1. The summed E-state index contributed by atoms with van der Waals surface area (Å²) in [6.45, 7) is 0.328. The Labute approximate surface area is 164 Å². The Kier molecular flexibility index (Phi) is 5.93. The number of fused-ring (bicyclic) bond motifs is 1. The van der Waals surface area contributed by atoms with E-state index in [0.717, 1.165) is 10.2 Å². The van der Waals surface area contributed by atoms with E-state index >= 15 is 0 Å². The molecule has 6 nitrogen and oxygen atoms in total. The van der Waals surface area contributed by atoms with Gasteiger partial charge in [-0.1, -0.05) is 35.1 Å². The molecule has 0 spiro atoms. The molecule has 3 rings (SSSR count). The van der Waals surface area contributed by atoms with Crippen molar-refractivity contribution in [1.82, 2.24) is 4.57 Å². The number of thiazole rings is 1. The topological polar surface area (TPSA) is 69.9 Å². The summed E-state index contributed by atoms with van der Waals surface area (Å²) in [4.78, 5) is 28.9. The number of aryl methyl sites for hydroxylation is 1. The lowest BCUT2D eigenvalue weighted by molar-refractivity contribution is -0.140. The molecule has 0 atom stereocenters. The second-order valence-corrected chi connectivity index (χ2v) is 7.01. The molecule has 140 valence electrons. The molecule has 0 aliphatic carbocycles. The number of ether oxygens (including phenoxy) is 2. The molecule has 2 aromatic carbocycles. The van der Waals surface area contributed by atoms with E-state index in [9.17, 15) is 9.59 Å². The highest BCUT2D eigenvalue weighted by Gasteiger charge is 2.13. The zero-order chi connectivity index (χ0) is 19.4. The highest BCUT2D eigenvalue weighted by atomic mass is 35.5. The van der Waals surface area contributed by atoms with Crippen LogP contribution in [0.5, 0.6) is 5.75 Å². The second kappa shape index (κ2) is 8.37. The molecule has 1 aromatic heterocycles. The van der Waals surface area contributed by atoms with Gasteiger partial charge in [0.2, 0.25) is 0 Å². The van der Waals surface area contributed by atoms with Crippen LogP contribution in [0.25, 0.3) is 10.2 Å². The van der Waals surface area contributed by atoms with E-state index in [1.807, 2.05) is 22.8 Å². The third-order valence-corrected chi connectivity index (χ3v) is 5.35. The van der Waals surface area contributed by atoms with Crippen molar-refractivity contribution in [2.75, 3.05) is 14.2 Å². The van der Waals surface area contributed by atoms with Crippen LogP contribution in [0.15, 0.2) is 47.5 Å². The van der Waals surface area contributed by atoms with E-state index in [0.29, 0.717) is 27.7 Å². The van der Waals surface area contributed by atoms with Crippen molar-refractivity contribution in [2.45, 2.75) is 13.0 Å². The number of hydrogen-bond acceptors (Lipinski definition) is 5. The number of halogens is 1. The smallest absolute Gasteiger partial charge is 0.307 e. The Hall–Kier alpha value is -2.64. The number of esters is 1. The standard InChI is InChI=1S/C19H17ClN2O4S/c1-25-12-7-8-16-15(11-12)22(10-9-17(23)26-2)19(27-16)21-18(24)13-5-3-4-6-14(13)20/h3-8,11H,9-10H2,1-2H3. The maximum atomic E-state index is 12.6. The molecule has 0 N–H and O–H groups in total. The Morgan fingerprint density at radius 1 is 1.19 bits per heavy atom. The van der Waals surface area contributed by atoms with Crippen molar-refractivity contribution in [3.05, 3.63) is 57.9 Å². The highest BCUT2D eigenvalue weighted by Crippen LogP contribution is 2.23. The van der Waals surface area contributed by atoms with Crippen LogP contribution in [-0.4, -0.2) is 30.7 Å². The van der Waals surface area contributed by atoms with Crippen LogP contribution in [0.1, 0.15) is 16.8 Å². The van der Waals surface area contributed by atoms with E-state index in [1.54, 1.807) is 31.4 Å². The number of hydrogen-bond donors (Lipinski definition) is 0. The van der Waals surface area contributed by atoms with E-state index in [-0.39, 0.29) is 12.4 Å². The van der Waals surface area contributed by atoms with Crippen LogP contribution in [-0.2, 0) is 16.1 Å². The largest absolute Gasteiger partial charge is 0.497 e. The maximum Gasteiger partial charge on any atom is 0.307 e. The normalized spacial score (nSPS) is 11.6. The molecule has 0 bridgehead atoms. The van der Waals surface area contributed by atoms with Gasteiger partial charge in [0.1, 0.15) is 5.75 Å². The third kappa shape index (κ3) is 4.20. The van der Waals surface area contributed by atoms with E-state index in [1.165, 1.54) is 18.4 Å². The Balaban J connectivity index is 2.11.